The number of fused-ring (bicyclic) bond motifs is 1. The van der Waals surface area contributed by atoms with E-state index in [1.807, 2.05) is 24.3 Å². The lowest BCUT2D eigenvalue weighted by molar-refractivity contribution is -0.142. The Morgan fingerprint density at radius 3 is 2.29 bits per heavy atom. The van der Waals surface area contributed by atoms with Gasteiger partial charge in [-0.25, -0.2) is 9.59 Å². The highest BCUT2D eigenvalue weighted by molar-refractivity contribution is 6.33. The van der Waals surface area contributed by atoms with E-state index >= 15 is 0 Å². The Balaban J connectivity index is 1.14. The lowest BCUT2D eigenvalue weighted by atomic mass is 9.99. The molecule has 3 saturated heterocycles. The standard InChI is InChI=1S/C34H42ClF3N6O4/c1-39-30-26(34(36,37)38)18-22(19-27(30)35)20-29(31(45)42-14-8-24(9-15-42)41-12-4-5-13-41)48-33(47)43-16-10-25(11-17-43)44-21-23-6-2-3-7-28(23)40-32(44)46/h2-3,6-7,18-19,24-25,29,39H,4-5,8-17,20-21H2,1H3,(H,40,46)/t29-/m1/s1. The molecule has 0 saturated carbocycles. The van der Waals surface area contributed by atoms with Gasteiger partial charge in [0.05, 0.1) is 16.3 Å². The van der Waals surface area contributed by atoms with Crippen LogP contribution in [0.3, 0.4) is 0 Å². The number of hydrogen-bond acceptors (Lipinski definition) is 6. The molecule has 10 nitrogen and oxygen atoms in total. The van der Waals surface area contributed by atoms with Gasteiger partial charge in [0.2, 0.25) is 0 Å². The summed E-state index contributed by atoms with van der Waals surface area (Å²) >= 11 is 6.26. The van der Waals surface area contributed by atoms with E-state index in [4.69, 9.17) is 16.3 Å². The molecule has 2 N–H and O–H groups in total. The highest BCUT2D eigenvalue weighted by Crippen LogP contribution is 2.40. The second kappa shape index (κ2) is 14.4. The van der Waals surface area contributed by atoms with E-state index in [-0.39, 0.29) is 34.8 Å². The molecular formula is C34H42ClF3N6O4. The van der Waals surface area contributed by atoms with E-state index in [0.29, 0.717) is 51.6 Å². The summed E-state index contributed by atoms with van der Waals surface area (Å²) in [7, 11) is 1.36. The van der Waals surface area contributed by atoms with Crippen molar-refractivity contribution in [1.29, 1.82) is 0 Å². The molecule has 0 spiro atoms. The predicted molar refractivity (Wildman–Crippen MR) is 176 cm³/mol. The summed E-state index contributed by atoms with van der Waals surface area (Å²) in [4.78, 5) is 47.7. The molecule has 260 valence electrons. The van der Waals surface area contributed by atoms with Gasteiger partial charge in [-0.05, 0) is 80.9 Å². The van der Waals surface area contributed by atoms with Crippen LogP contribution in [0, 0.1) is 0 Å². The maximum absolute atomic E-state index is 14.0. The number of carbonyl (C=O) groups excluding carboxylic acids is 3. The van der Waals surface area contributed by atoms with Gasteiger partial charge in [-0.1, -0.05) is 29.8 Å². The van der Waals surface area contributed by atoms with Crippen molar-refractivity contribution >= 4 is 41.0 Å². The molecule has 4 amide bonds. The Hall–Kier alpha value is -3.71. The zero-order valence-corrected chi connectivity index (χ0v) is 27.8. The molecule has 0 bridgehead atoms. The smallest absolute Gasteiger partial charge is 0.418 e. The van der Waals surface area contributed by atoms with Crippen LogP contribution in [0.25, 0.3) is 0 Å². The molecule has 1 atom stereocenters. The molecule has 0 unspecified atom stereocenters. The van der Waals surface area contributed by atoms with Gasteiger partial charge in [0.1, 0.15) is 0 Å². The van der Waals surface area contributed by atoms with Crippen molar-refractivity contribution in [3.05, 3.63) is 58.1 Å². The molecule has 4 aliphatic rings. The van der Waals surface area contributed by atoms with Crippen LogP contribution in [0.1, 0.15) is 55.2 Å². The lowest BCUT2D eigenvalue weighted by Gasteiger charge is -2.40. The summed E-state index contributed by atoms with van der Waals surface area (Å²) in [6.45, 7) is 4.14. The molecule has 4 heterocycles. The number of nitrogens with one attached hydrogen (secondary N) is 2. The maximum Gasteiger partial charge on any atom is 0.418 e. The third kappa shape index (κ3) is 7.46. The summed E-state index contributed by atoms with van der Waals surface area (Å²) in [5, 5.41) is 5.30. The molecule has 2 aromatic carbocycles. The van der Waals surface area contributed by atoms with Crippen molar-refractivity contribution in [1.82, 2.24) is 19.6 Å². The van der Waals surface area contributed by atoms with Crippen LogP contribution in [0.15, 0.2) is 36.4 Å². The van der Waals surface area contributed by atoms with Gasteiger partial charge < -0.3 is 35.0 Å². The second-order valence-electron chi connectivity index (χ2n) is 13.1. The number of carbonyl (C=O) groups is 3. The average molecular weight is 691 g/mol. The Morgan fingerprint density at radius 1 is 0.979 bits per heavy atom. The fourth-order valence-corrected chi connectivity index (χ4v) is 7.82. The molecule has 0 radical (unpaired) electrons. The van der Waals surface area contributed by atoms with Crippen LogP contribution in [-0.4, -0.2) is 102 Å². The number of likely N-dealkylation sites (tertiary alicyclic amines) is 3. The maximum atomic E-state index is 14.0. The van der Waals surface area contributed by atoms with Gasteiger partial charge in [-0.2, -0.15) is 13.2 Å². The third-order valence-corrected chi connectivity index (χ3v) is 10.4. The molecule has 14 heteroatoms. The van der Waals surface area contributed by atoms with Crippen molar-refractivity contribution < 1.29 is 32.3 Å². The summed E-state index contributed by atoms with van der Waals surface area (Å²) in [6, 6.07) is 10.1. The van der Waals surface area contributed by atoms with E-state index in [1.54, 1.807) is 9.80 Å². The van der Waals surface area contributed by atoms with E-state index in [2.05, 4.69) is 15.5 Å². The first-order chi connectivity index (χ1) is 23.0. The highest BCUT2D eigenvalue weighted by atomic mass is 35.5. The van der Waals surface area contributed by atoms with Crippen LogP contribution >= 0.6 is 11.6 Å². The quantitative estimate of drug-likeness (QED) is 0.368. The first-order valence-electron chi connectivity index (χ1n) is 16.7. The topological polar surface area (TPSA) is 97.5 Å². The highest BCUT2D eigenvalue weighted by Gasteiger charge is 2.39. The van der Waals surface area contributed by atoms with Gasteiger partial charge in [0.25, 0.3) is 5.91 Å². The largest absolute Gasteiger partial charge is 0.436 e. The Labute approximate surface area is 283 Å². The normalized spacial score (nSPS) is 20.4. The Bertz CT molecular complexity index is 1500. The Morgan fingerprint density at radius 2 is 1.62 bits per heavy atom. The van der Waals surface area contributed by atoms with Crippen LogP contribution in [-0.2, 0) is 28.7 Å². The summed E-state index contributed by atoms with van der Waals surface area (Å²) in [5.41, 5.74) is 0.731. The third-order valence-electron chi connectivity index (χ3n) is 10.1. The number of rotatable bonds is 7. The van der Waals surface area contributed by atoms with Gasteiger partial charge in [-0.3, -0.25) is 4.79 Å². The number of para-hydroxylation sites is 1. The molecular weight excluding hydrogens is 649 g/mol. The molecule has 2 aromatic rings. The van der Waals surface area contributed by atoms with E-state index in [0.717, 1.165) is 43.2 Å². The van der Waals surface area contributed by atoms with Crippen molar-refractivity contribution in [2.24, 2.45) is 0 Å². The summed E-state index contributed by atoms with van der Waals surface area (Å²) < 4.78 is 47.8. The molecule has 0 aromatic heterocycles. The number of piperidine rings is 2. The number of halogens is 4. The minimum atomic E-state index is -4.69. The number of nitrogens with zero attached hydrogens (tertiary/aromatic N) is 4. The summed E-state index contributed by atoms with van der Waals surface area (Å²) in [6.07, 6.45) is -2.04. The minimum absolute atomic E-state index is 0.0923. The first kappa shape index (κ1) is 34.2. The SMILES string of the molecule is CNc1c(Cl)cc(C[C@@H](OC(=O)N2CCC(N3Cc4ccccc4NC3=O)CC2)C(=O)N2CCC(N3CCCC3)CC2)cc1C(F)(F)F. The van der Waals surface area contributed by atoms with E-state index in [1.165, 1.54) is 30.9 Å². The molecule has 0 aliphatic carbocycles. The predicted octanol–water partition coefficient (Wildman–Crippen LogP) is 6.05. The molecule has 3 fully saturated rings. The van der Waals surface area contributed by atoms with Crippen molar-refractivity contribution in [3.8, 4) is 0 Å². The van der Waals surface area contributed by atoms with Gasteiger partial charge >= 0.3 is 18.3 Å². The second-order valence-corrected chi connectivity index (χ2v) is 13.5. The van der Waals surface area contributed by atoms with Crippen molar-refractivity contribution in [2.45, 2.75) is 75.9 Å². The number of alkyl halides is 3. The molecule has 6 rings (SSSR count). The molecule has 48 heavy (non-hydrogen) atoms. The number of ether oxygens (including phenoxy) is 1. The summed E-state index contributed by atoms with van der Waals surface area (Å²) in [5.74, 6) is -0.427. The average Bonchev–Trinajstić information content (AvgIpc) is 3.62. The minimum Gasteiger partial charge on any atom is -0.436 e. The lowest BCUT2D eigenvalue weighted by Crippen LogP contribution is -2.53. The van der Waals surface area contributed by atoms with Crippen molar-refractivity contribution in [3.63, 3.8) is 0 Å². The monoisotopic (exact) mass is 690 g/mol. The van der Waals surface area contributed by atoms with Gasteiger partial charge in [0, 0.05) is 64.0 Å². The number of benzene rings is 2. The number of hydrogen-bond donors (Lipinski definition) is 2. The first-order valence-corrected chi connectivity index (χ1v) is 17.1. The van der Waals surface area contributed by atoms with Gasteiger partial charge in [-0.15, -0.1) is 0 Å². The fourth-order valence-electron chi connectivity index (χ4n) is 7.49. The zero-order chi connectivity index (χ0) is 34.0. The zero-order valence-electron chi connectivity index (χ0n) is 27.0. The van der Waals surface area contributed by atoms with E-state index in [9.17, 15) is 27.6 Å². The van der Waals surface area contributed by atoms with Crippen LogP contribution < -0.4 is 10.6 Å². The van der Waals surface area contributed by atoms with Crippen LogP contribution in [0.5, 0.6) is 0 Å². The van der Waals surface area contributed by atoms with Crippen molar-refractivity contribution in [2.75, 3.05) is 56.9 Å². The van der Waals surface area contributed by atoms with Crippen LogP contribution in [0.2, 0.25) is 5.02 Å². The Kier molecular flexibility index (Phi) is 10.3. The fraction of sp³-hybridized carbons (Fsp3) is 0.559. The number of urea groups is 1. The van der Waals surface area contributed by atoms with Gasteiger partial charge in [0.15, 0.2) is 6.10 Å². The molecule has 4 aliphatic heterocycles. The van der Waals surface area contributed by atoms with Crippen LogP contribution in [0.4, 0.5) is 34.1 Å². The number of amides is 4. The van der Waals surface area contributed by atoms with E-state index < -0.39 is 29.8 Å². The number of anilines is 2.